The molecule has 5 nitrogen and oxygen atoms in total. The zero-order chi connectivity index (χ0) is 16.6. The van der Waals surface area contributed by atoms with Gasteiger partial charge in [-0.25, -0.2) is 8.78 Å². The molecule has 2 saturated heterocycles. The summed E-state index contributed by atoms with van der Waals surface area (Å²) in [5.41, 5.74) is 0.126. The van der Waals surface area contributed by atoms with Crippen molar-refractivity contribution in [3.63, 3.8) is 0 Å². The lowest BCUT2D eigenvalue weighted by atomic mass is 10.0. The summed E-state index contributed by atoms with van der Waals surface area (Å²) in [7, 11) is 0. The fourth-order valence-electron chi connectivity index (χ4n) is 3.23. The van der Waals surface area contributed by atoms with Crippen LogP contribution in [0.2, 0.25) is 0 Å². The monoisotopic (exact) mass is 324 g/mol. The van der Waals surface area contributed by atoms with Crippen LogP contribution >= 0.6 is 0 Å². The highest BCUT2D eigenvalue weighted by atomic mass is 19.1. The Morgan fingerprint density at radius 3 is 2.52 bits per heavy atom. The normalized spacial score (nSPS) is 25.1. The van der Waals surface area contributed by atoms with Gasteiger partial charge in [0, 0.05) is 37.8 Å². The molecule has 2 aliphatic rings. The van der Waals surface area contributed by atoms with Gasteiger partial charge in [-0.3, -0.25) is 9.59 Å². The van der Waals surface area contributed by atoms with Gasteiger partial charge >= 0.3 is 0 Å². The zero-order valence-corrected chi connectivity index (χ0v) is 12.5. The SMILES string of the molecule is O=C(C1CC(=O)N(c2cc(F)cc(F)c2)C1)N1CCCC(O)C1. The second kappa shape index (κ2) is 6.23. The van der Waals surface area contributed by atoms with Crippen LogP contribution in [0.5, 0.6) is 0 Å². The minimum atomic E-state index is -0.762. The highest BCUT2D eigenvalue weighted by Gasteiger charge is 2.38. The van der Waals surface area contributed by atoms with E-state index < -0.39 is 23.7 Å². The molecule has 7 heteroatoms. The van der Waals surface area contributed by atoms with E-state index in [4.69, 9.17) is 0 Å². The molecule has 3 rings (SSSR count). The molecule has 0 saturated carbocycles. The van der Waals surface area contributed by atoms with Crippen molar-refractivity contribution in [1.82, 2.24) is 4.90 Å². The van der Waals surface area contributed by atoms with Crippen LogP contribution in [0.3, 0.4) is 0 Å². The van der Waals surface area contributed by atoms with E-state index >= 15 is 0 Å². The number of amides is 2. The Morgan fingerprint density at radius 2 is 1.87 bits per heavy atom. The number of likely N-dealkylation sites (tertiary alicyclic amines) is 1. The van der Waals surface area contributed by atoms with Crippen LogP contribution in [0.25, 0.3) is 0 Å². The number of hydrogen-bond acceptors (Lipinski definition) is 3. The van der Waals surface area contributed by atoms with Gasteiger partial charge in [0.2, 0.25) is 11.8 Å². The molecule has 2 aliphatic heterocycles. The Labute approximate surface area is 132 Å². The quantitative estimate of drug-likeness (QED) is 0.892. The summed E-state index contributed by atoms with van der Waals surface area (Å²) in [6.07, 6.45) is 0.885. The lowest BCUT2D eigenvalue weighted by molar-refractivity contribution is -0.138. The number of aliphatic hydroxyl groups is 1. The second-order valence-corrected chi connectivity index (χ2v) is 6.11. The summed E-state index contributed by atoms with van der Waals surface area (Å²) < 4.78 is 26.6. The number of aliphatic hydroxyl groups excluding tert-OH is 1. The average molecular weight is 324 g/mol. The van der Waals surface area contributed by atoms with Gasteiger partial charge in [0.1, 0.15) is 11.6 Å². The molecule has 1 N–H and O–H groups in total. The fourth-order valence-corrected chi connectivity index (χ4v) is 3.23. The van der Waals surface area contributed by atoms with E-state index in [1.165, 1.54) is 4.90 Å². The van der Waals surface area contributed by atoms with Crippen LogP contribution in [-0.4, -0.2) is 47.6 Å². The second-order valence-electron chi connectivity index (χ2n) is 6.11. The van der Waals surface area contributed by atoms with Gasteiger partial charge in [0.25, 0.3) is 0 Å². The number of β-amino-alcohol motifs (C(OH)–C–C–N with tert-alkyl or cyclic N) is 1. The van der Waals surface area contributed by atoms with Crippen molar-refractivity contribution >= 4 is 17.5 Å². The Hall–Kier alpha value is -2.02. The summed E-state index contributed by atoms with van der Waals surface area (Å²) in [6.45, 7) is 0.945. The van der Waals surface area contributed by atoms with Gasteiger partial charge in [-0.2, -0.15) is 0 Å². The number of piperidine rings is 1. The van der Waals surface area contributed by atoms with Crippen molar-refractivity contribution in [2.45, 2.75) is 25.4 Å². The topological polar surface area (TPSA) is 60.9 Å². The Balaban J connectivity index is 1.73. The first-order chi connectivity index (χ1) is 10.9. The van der Waals surface area contributed by atoms with Gasteiger partial charge in [-0.15, -0.1) is 0 Å². The van der Waals surface area contributed by atoms with E-state index in [1.54, 1.807) is 4.90 Å². The van der Waals surface area contributed by atoms with Crippen molar-refractivity contribution in [3.8, 4) is 0 Å². The summed E-state index contributed by atoms with van der Waals surface area (Å²) in [5.74, 6) is -2.58. The van der Waals surface area contributed by atoms with Crippen LogP contribution < -0.4 is 4.90 Å². The van der Waals surface area contributed by atoms with Crippen molar-refractivity contribution in [1.29, 1.82) is 0 Å². The molecule has 124 valence electrons. The predicted molar refractivity (Wildman–Crippen MR) is 78.6 cm³/mol. The number of benzene rings is 1. The fraction of sp³-hybridized carbons (Fsp3) is 0.500. The molecule has 0 aromatic heterocycles. The van der Waals surface area contributed by atoms with Crippen molar-refractivity contribution < 1.29 is 23.5 Å². The highest BCUT2D eigenvalue weighted by Crippen LogP contribution is 2.28. The minimum absolute atomic E-state index is 0.0174. The van der Waals surface area contributed by atoms with Crippen LogP contribution in [0.1, 0.15) is 19.3 Å². The lowest BCUT2D eigenvalue weighted by Gasteiger charge is -2.31. The molecule has 23 heavy (non-hydrogen) atoms. The molecule has 2 fully saturated rings. The van der Waals surface area contributed by atoms with Gasteiger partial charge in [0.15, 0.2) is 0 Å². The molecule has 2 amide bonds. The third-order valence-corrected chi connectivity index (χ3v) is 4.34. The molecule has 2 unspecified atom stereocenters. The largest absolute Gasteiger partial charge is 0.391 e. The highest BCUT2D eigenvalue weighted by molar-refractivity contribution is 6.00. The third kappa shape index (κ3) is 3.34. The summed E-state index contributed by atoms with van der Waals surface area (Å²) >= 11 is 0. The molecule has 0 radical (unpaired) electrons. The van der Waals surface area contributed by atoms with Crippen LogP contribution in [0.4, 0.5) is 14.5 Å². The first kappa shape index (κ1) is 15.9. The summed E-state index contributed by atoms with van der Waals surface area (Å²) in [5, 5.41) is 9.66. The van der Waals surface area contributed by atoms with E-state index in [2.05, 4.69) is 0 Å². The third-order valence-electron chi connectivity index (χ3n) is 4.34. The minimum Gasteiger partial charge on any atom is -0.391 e. The smallest absolute Gasteiger partial charge is 0.228 e. The number of hydrogen-bond donors (Lipinski definition) is 1. The van der Waals surface area contributed by atoms with Crippen molar-refractivity contribution in [2.24, 2.45) is 5.92 Å². The maximum Gasteiger partial charge on any atom is 0.228 e. The Kier molecular flexibility index (Phi) is 4.30. The van der Waals surface area contributed by atoms with E-state index in [9.17, 15) is 23.5 Å². The number of carbonyl (C=O) groups excluding carboxylic acids is 2. The number of carbonyl (C=O) groups is 2. The zero-order valence-electron chi connectivity index (χ0n) is 12.5. The molecule has 2 atom stereocenters. The molecule has 0 spiro atoms. The number of rotatable bonds is 2. The van der Waals surface area contributed by atoms with E-state index in [-0.39, 0.29) is 37.0 Å². The molecule has 1 aromatic rings. The van der Waals surface area contributed by atoms with Gasteiger partial charge in [0.05, 0.1) is 12.0 Å². The van der Waals surface area contributed by atoms with Gasteiger partial charge < -0.3 is 14.9 Å². The standard InChI is InChI=1S/C16H18F2N2O3/c17-11-5-12(18)7-13(6-11)20-8-10(4-15(20)22)16(23)19-3-1-2-14(21)9-19/h5-7,10,14,21H,1-4,8-9H2. The van der Waals surface area contributed by atoms with E-state index in [0.717, 1.165) is 24.6 Å². The van der Waals surface area contributed by atoms with Crippen molar-refractivity contribution in [2.75, 3.05) is 24.5 Å². The van der Waals surface area contributed by atoms with Crippen LogP contribution in [-0.2, 0) is 9.59 Å². The predicted octanol–water partition coefficient (Wildman–Crippen LogP) is 1.30. The Morgan fingerprint density at radius 1 is 1.17 bits per heavy atom. The van der Waals surface area contributed by atoms with Crippen LogP contribution in [0, 0.1) is 17.6 Å². The molecule has 1 aromatic carbocycles. The van der Waals surface area contributed by atoms with E-state index in [0.29, 0.717) is 13.0 Å². The number of halogens is 2. The molecule has 0 aliphatic carbocycles. The summed E-state index contributed by atoms with van der Waals surface area (Å²) in [6, 6.07) is 2.90. The Bertz CT molecular complexity index is 618. The van der Waals surface area contributed by atoms with E-state index in [1.807, 2.05) is 0 Å². The van der Waals surface area contributed by atoms with Crippen molar-refractivity contribution in [3.05, 3.63) is 29.8 Å². The van der Waals surface area contributed by atoms with Gasteiger partial charge in [-0.1, -0.05) is 0 Å². The maximum atomic E-state index is 13.3. The molecule has 0 bridgehead atoms. The molecular formula is C16H18F2N2O3. The number of nitrogens with zero attached hydrogens (tertiary/aromatic N) is 2. The summed E-state index contributed by atoms with van der Waals surface area (Å²) in [4.78, 5) is 27.4. The maximum absolute atomic E-state index is 13.3. The molecule has 2 heterocycles. The van der Waals surface area contributed by atoms with Gasteiger partial charge in [-0.05, 0) is 25.0 Å². The number of anilines is 1. The first-order valence-corrected chi connectivity index (χ1v) is 7.67. The first-order valence-electron chi connectivity index (χ1n) is 7.67. The average Bonchev–Trinajstić information content (AvgIpc) is 2.87. The molecular weight excluding hydrogens is 306 g/mol. The van der Waals surface area contributed by atoms with Crippen LogP contribution in [0.15, 0.2) is 18.2 Å². The lowest BCUT2D eigenvalue weighted by Crippen LogP contribution is -2.45.